The van der Waals surface area contributed by atoms with Crippen molar-refractivity contribution in [3.63, 3.8) is 0 Å². The number of rotatable bonds is 8. The molecule has 0 saturated carbocycles. The number of nitrogens with two attached hydrogens (primary N) is 1. The Morgan fingerprint density at radius 1 is 1.23 bits per heavy atom. The number of H-pyrrole nitrogens is 1. The van der Waals surface area contributed by atoms with Crippen molar-refractivity contribution in [2.75, 3.05) is 39.2 Å². The van der Waals surface area contributed by atoms with Crippen LogP contribution in [0.2, 0.25) is 0 Å². The molecule has 0 aliphatic carbocycles. The van der Waals surface area contributed by atoms with Gasteiger partial charge in [0, 0.05) is 56.9 Å². The number of aromatic nitrogens is 4. The van der Waals surface area contributed by atoms with E-state index >= 15 is 0 Å². The van der Waals surface area contributed by atoms with E-state index in [0.717, 1.165) is 18.4 Å². The number of imidazole rings is 1. The minimum absolute atomic E-state index is 0.00274. The molecule has 5 rings (SSSR count). The molecule has 0 radical (unpaired) electrons. The summed E-state index contributed by atoms with van der Waals surface area (Å²) in [6.07, 6.45) is 6.04. The second kappa shape index (κ2) is 11.8. The number of carbonyl (C=O) groups excluding carboxylic acids is 1. The summed E-state index contributed by atoms with van der Waals surface area (Å²) in [6, 6.07) is 7.87. The highest BCUT2D eigenvalue weighted by Crippen LogP contribution is 2.31. The van der Waals surface area contributed by atoms with E-state index in [9.17, 15) is 9.18 Å². The van der Waals surface area contributed by atoms with Crippen molar-refractivity contribution in [1.29, 1.82) is 0 Å². The minimum Gasteiger partial charge on any atom is -0.375 e. The lowest BCUT2D eigenvalue weighted by Crippen LogP contribution is -2.46. The van der Waals surface area contributed by atoms with E-state index in [4.69, 9.17) is 25.2 Å². The Kier molecular flexibility index (Phi) is 8.05. The Morgan fingerprint density at radius 2 is 2.05 bits per heavy atom. The predicted octanol–water partition coefficient (Wildman–Crippen LogP) is 2.49. The van der Waals surface area contributed by atoms with Gasteiger partial charge in [-0.15, -0.1) is 0 Å². The van der Waals surface area contributed by atoms with Crippen LogP contribution in [0.25, 0.3) is 28.3 Å². The van der Waals surface area contributed by atoms with Gasteiger partial charge in [-0.05, 0) is 49.2 Å². The van der Waals surface area contributed by atoms with E-state index in [2.05, 4.69) is 20.3 Å². The van der Waals surface area contributed by atoms with Gasteiger partial charge in [0.1, 0.15) is 30.5 Å². The zero-order valence-electron chi connectivity index (χ0n) is 21.8. The van der Waals surface area contributed by atoms with Gasteiger partial charge >= 0.3 is 0 Å². The summed E-state index contributed by atoms with van der Waals surface area (Å²) in [5.74, 6) is 0.614. The summed E-state index contributed by atoms with van der Waals surface area (Å²) in [7, 11) is 3.09. The number of hydrogen-bond acceptors (Lipinski definition) is 9. The number of piperidine rings is 1. The molecule has 2 aliphatic rings. The zero-order chi connectivity index (χ0) is 27.4. The zero-order valence-corrected chi connectivity index (χ0v) is 21.8. The van der Waals surface area contributed by atoms with Crippen LogP contribution in [0.5, 0.6) is 0 Å². The summed E-state index contributed by atoms with van der Waals surface area (Å²) in [6.45, 7) is 1.31. The van der Waals surface area contributed by atoms with Crippen molar-refractivity contribution >= 4 is 23.6 Å². The maximum atomic E-state index is 13.6. The number of dihydropyridines is 1. The molecule has 2 aliphatic heterocycles. The summed E-state index contributed by atoms with van der Waals surface area (Å²) in [4.78, 5) is 35.8. The van der Waals surface area contributed by atoms with E-state index in [1.165, 1.54) is 19.2 Å². The van der Waals surface area contributed by atoms with Gasteiger partial charge in [0.2, 0.25) is 11.9 Å². The standard InChI is InChI=1S/C27H31FN8O3/c1-38-15-22(37)36-11-3-4-19(14-36)32-27-30-10-9-20(33-27)24-23(17-12-21(39-2)25(29)31-13-17)34-26(35-24)16-5-7-18(28)8-6-16/h5-10,12-13,19,21,25H,3-4,11,14-15,29H2,1-2H3,(H,34,35)(H,30,32,33)/t19-,21?,25?/m1/s1. The van der Waals surface area contributed by atoms with Gasteiger partial charge in [-0.2, -0.15) is 0 Å². The van der Waals surface area contributed by atoms with Crippen LogP contribution in [0.4, 0.5) is 10.3 Å². The normalized spacial score (nSPS) is 21.1. The SMILES string of the molecule is COCC(=O)N1CCC[C@@H](Nc2nccc(-c3[nH]c(-c4ccc(F)cc4)nc3C3=CC(OC)C(N)N=C3)n2)C1. The molecule has 204 valence electrons. The molecule has 4 N–H and O–H groups in total. The van der Waals surface area contributed by atoms with Crippen molar-refractivity contribution < 1.29 is 18.7 Å². The molecule has 0 bridgehead atoms. The third-order valence-corrected chi connectivity index (χ3v) is 6.72. The van der Waals surface area contributed by atoms with E-state index in [1.54, 1.807) is 42.6 Å². The Morgan fingerprint density at radius 3 is 2.82 bits per heavy atom. The Balaban J connectivity index is 1.46. The van der Waals surface area contributed by atoms with Crippen LogP contribution in [-0.2, 0) is 14.3 Å². The van der Waals surface area contributed by atoms with Crippen LogP contribution >= 0.6 is 0 Å². The molecule has 4 heterocycles. The molecule has 1 amide bonds. The van der Waals surface area contributed by atoms with E-state index in [1.807, 2.05) is 6.08 Å². The van der Waals surface area contributed by atoms with Gasteiger partial charge < -0.3 is 30.4 Å². The maximum absolute atomic E-state index is 13.6. The van der Waals surface area contributed by atoms with Gasteiger partial charge in [-0.1, -0.05) is 0 Å². The molecule has 2 unspecified atom stereocenters. The first-order chi connectivity index (χ1) is 18.9. The van der Waals surface area contributed by atoms with Gasteiger partial charge in [0.25, 0.3) is 0 Å². The first-order valence-electron chi connectivity index (χ1n) is 12.7. The minimum atomic E-state index is -0.515. The number of amides is 1. The number of nitrogens with zero attached hydrogens (tertiary/aromatic N) is 5. The Labute approximate surface area is 225 Å². The molecule has 3 atom stereocenters. The first-order valence-corrected chi connectivity index (χ1v) is 12.7. The number of likely N-dealkylation sites (tertiary alicyclic amines) is 1. The third kappa shape index (κ3) is 6.03. The first kappa shape index (κ1) is 26.6. The molecular weight excluding hydrogens is 503 g/mol. The lowest BCUT2D eigenvalue weighted by Gasteiger charge is -2.33. The fourth-order valence-corrected chi connectivity index (χ4v) is 4.72. The Hall–Kier alpha value is -4.00. The number of allylic oxidation sites excluding steroid dienone is 1. The molecule has 3 aromatic rings. The largest absolute Gasteiger partial charge is 0.375 e. The molecule has 11 nitrogen and oxygen atoms in total. The lowest BCUT2D eigenvalue weighted by molar-refractivity contribution is -0.136. The van der Waals surface area contributed by atoms with Crippen LogP contribution in [0.3, 0.4) is 0 Å². The molecule has 1 saturated heterocycles. The highest BCUT2D eigenvalue weighted by atomic mass is 19.1. The highest BCUT2D eigenvalue weighted by molar-refractivity contribution is 6.12. The number of hydrogen-bond donors (Lipinski definition) is 3. The van der Waals surface area contributed by atoms with Crippen LogP contribution in [0, 0.1) is 5.82 Å². The molecular formula is C27H31FN8O3. The molecule has 1 aromatic carbocycles. The predicted molar refractivity (Wildman–Crippen MR) is 145 cm³/mol. The summed E-state index contributed by atoms with van der Waals surface area (Å²) in [5.41, 5.74) is 9.33. The summed E-state index contributed by atoms with van der Waals surface area (Å²) < 4.78 is 24.1. The number of halogens is 1. The summed E-state index contributed by atoms with van der Waals surface area (Å²) in [5, 5.41) is 3.37. The fraction of sp³-hybridized carbons (Fsp3) is 0.370. The molecule has 12 heteroatoms. The third-order valence-electron chi connectivity index (χ3n) is 6.72. The molecule has 0 spiro atoms. The van der Waals surface area contributed by atoms with Crippen molar-refractivity contribution in [2.24, 2.45) is 10.7 Å². The van der Waals surface area contributed by atoms with E-state index in [-0.39, 0.29) is 24.4 Å². The number of nitrogens with one attached hydrogen (secondary N) is 2. The van der Waals surface area contributed by atoms with Crippen LogP contribution in [0.15, 0.2) is 47.6 Å². The van der Waals surface area contributed by atoms with Crippen molar-refractivity contribution in [1.82, 2.24) is 24.8 Å². The number of aliphatic imine (C=N–C) groups is 1. The topological polar surface area (TPSA) is 144 Å². The van der Waals surface area contributed by atoms with Crippen LogP contribution < -0.4 is 11.1 Å². The quantitative estimate of drug-likeness (QED) is 0.400. The van der Waals surface area contributed by atoms with E-state index < -0.39 is 12.3 Å². The fourth-order valence-electron chi connectivity index (χ4n) is 4.72. The number of ether oxygens (including phenoxy) is 2. The van der Waals surface area contributed by atoms with Crippen molar-refractivity contribution in [3.8, 4) is 22.8 Å². The monoisotopic (exact) mass is 534 g/mol. The maximum Gasteiger partial charge on any atom is 0.248 e. The number of aromatic amines is 1. The number of anilines is 1. The van der Waals surface area contributed by atoms with Gasteiger partial charge in [0.15, 0.2) is 0 Å². The van der Waals surface area contributed by atoms with Crippen LogP contribution in [0.1, 0.15) is 18.5 Å². The average Bonchev–Trinajstić information content (AvgIpc) is 3.40. The van der Waals surface area contributed by atoms with E-state index in [0.29, 0.717) is 47.5 Å². The second-order valence-electron chi connectivity index (χ2n) is 9.43. The highest BCUT2D eigenvalue weighted by Gasteiger charge is 2.26. The molecule has 1 fully saturated rings. The Bertz CT molecular complexity index is 1370. The average molecular weight is 535 g/mol. The second-order valence-corrected chi connectivity index (χ2v) is 9.43. The number of benzene rings is 1. The van der Waals surface area contributed by atoms with Crippen LogP contribution in [-0.4, -0.2) is 89.2 Å². The molecule has 39 heavy (non-hydrogen) atoms. The van der Waals surface area contributed by atoms with Crippen molar-refractivity contribution in [3.05, 3.63) is 54.1 Å². The van der Waals surface area contributed by atoms with Gasteiger partial charge in [-0.25, -0.2) is 19.3 Å². The van der Waals surface area contributed by atoms with Gasteiger partial charge in [-0.3, -0.25) is 9.79 Å². The smallest absolute Gasteiger partial charge is 0.248 e. The summed E-state index contributed by atoms with van der Waals surface area (Å²) >= 11 is 0. The molecule has 2 aromatic heterocycles. The lowest BCUT2D eigenvalue weighted by atomic mass is 10.0. The number of carbonyl (C=O) groups is 1. The van der Waals surface area contributed by atoms with Gasteiger partial charge in [0.05, 0.1) is 17.1 Å². The van der Waals surface area contributed by atoms with Crippen molar-refractivity contribution in [2.45, 2.75) is 31.2 Å². The number of methoxy groups -OCH3 is 2.